The van der Waals surface area contributed by atoms with E-state index in [1.807, 2.05) is 36.4 Å². The number of carbonyl (C=O) groups excluding carboxylic acids is 2. The molecule has 2 atom stereocenters. The maximum absolute atomic E-state index is 14.1. The van der Waals surface area contributed by atoms with Crippen LogP contribution in [0.25, 0.3) is 0 Å². The summed E-state index contributed by atoms with van der Waals surface area (Å²) in [6.07, 6.45) is 5.31. The molecule has 0 aromatic heterocycles. The fraction of sp³-hybridized carbons (Fsp3) is 0.517. The normalized spacial score (nSPS) is 24.9. The molecule has 186 valence electrons. The van der Waals surface area contributed by atoms with Gasteiger partial charge in [-0.2, -0.15) is 0 Å². The number of piperidine rings is 1. The number of ether oxygens (including phenoxy) is 3. The van der Waals surface area contributed by atoms with Crippen molar-refractivity contribution in [2.75, 3.05) is 13.1 Å². The second-order valence-corrected chi connectivity index (χ2v) is 10.6. The standard InChI is InChI=1S/C29H36NO5/c1-21(2)33-28(32)35-29(22-11-5-3-6-12-22,23-13-7-4-8-14-23)27(31)34-26-19-24-15-16-25(20-26)30(24)17-9-10-18-30/h3-8,11-14,21,24-26H,9-10,15-20H2,1-2H3/q+1. The van der Waals surface area contributed by atoms with E-state index >= 15 is 0 Å². The highest BCUT2D eigenvalue weighted by molar-refractivity contribution is 5.88. The van der Waals surface area contributed by atoms with E-state index in [9.17, 15) is 9.59 Å². The molecule has 0 saturated carbocycles. The number of rotatable bonds is 6. The number of hydrogen-bond acceptors (Lipinski definition) is 5. The van der Waals surface area contributed by atoms with Gasteiger partial charge in [-0.3, -0.25) is 0 Å². The molecule has 3 fully saturated rings. The summed E-state index contributed by atoms with van der Waals surface area (Å²) in [7, 11) is 0. The van der Waals surface area contributed by atoms with Crippen molar-refractivity contribution >= 4 is 12.1 Å². The minimum atomic E-state index is -1.75. The van der Waals surface area contributed by atoms with Crippen LogP contribution in [0.5, 0.6) is 0 Å². The molecule has 0 aliphatic carbocycles. The lowest BCUT2D eigenvalue weighted by molar-refractivity contribution is -0.956. The molecule has 6 nitrogen and oxygen atoms in total. The van der Waals surface area contributed by atoms with E-state index in [0.29, 0.717) is 23.2 Å². The molecule has 1 spiro atoms. The van der Waals surface area contributed by atoms with Crippen molar-refractivity contribution in [1.82, 2.24) is 0 Å². The Labute approximate surface area is 207 Å². The first kappa shape index (κ1) is 23.9. The number of hydrogen-bond donors (Lipinski definition) is 0. The summed E-state index contributed by atoms with van der Waals surface area (Å²) in [5.74, 6) is -0.560. The fourth-order valence-corrected chi connectivity index (χ4v) is 6.79. The van der Waals surface area contributed by atoms with E-state index < -0.39 is 17.7 Å². The molecule has 2 aromatic rings. The van der Waals surface area contributed by atoms with E-state index in [1.54, 1.807) is 38.1 Å². The van der Waals surface area contributed by atoms with Gasteiger partial charge in [-0.1, -0.05) is 60.7 Å². The van der Waals surface area contributed by atoms with Crippen molar-refractivity contribution in [2.24, 2.45) is 0 Å². The van der Waals surface area contributed by atoms with Gasteiger partial charge in [0.2, 0.25) is 0 Å². The molecular formula is C29H36NO5+. The predicted molar refractivity (Wildman–Crippen MR) is 132 cm³/mol. The molecule has 3 aliphatic rings. The minimum absolute atomic E-state index is 0.180. The van der Waals surface area contributed by atoms with Crippen LogP contribution < -0.4 is 0 Å². The van der Waals surface area contributed by atoms with Crippen LogP contribution in [-0.2, 0) is 24.6 Å². The minimum Gasteiger partial charge on any atom is -0.458 e. The van der Waals surface area contributed by atoms with Crippen molar-refractivity contribution in [3.63, 3.8) is 0 Å². The van der Waals surface area contributed by atoms with Crippen LogP contribution in [-0.4, -0.2) is 54.0 Å². The van der Waals surface area contributed by atoms with Gasteiger partial charge in [0.15, 0.2) is 0 Å². The topological polar surface area (TPSA) is 61.8 Å². The van der Waals surface area contributed by atoms with Crippen molar-refractivity contribution < 1.29 is 28.3 Å². The molecule has 3 saturated heterocycles. The van der Waals surface area contributed by atoms with Crippen LogP contribution >= 0.6 is 0 Å². The zero-order valence-corrected chi connectivity index (χ0v) is 20.7. The third-order valence-electron chi connectivity index (χ3n) is 8.25. The molecule has 0 radical (unpaired) electrons. The van der Waals surface area contributed by atoms with E-state index in [4.69, 9.17) is 14.2 Å². The Hall–Kier alpha value is -2.86. The number of quaternary nitrogens is 1. The van der Waals surface area contributed by atoms with Crippen molar-refractivity contribution in [2.45, 2.75) is 82.3 Å². The van der Waals surface area contributed by atoms with E-state index in [2.05, 4.69) is 0 Å². The monoisotopic (exact) mass is 478 g/mol. The first-order valence-electron chi connectivity index (χ1n) is 13.0. The molecule has 3 heterocycles. The largest absolute Gasteiger partial charge is 0.510 e. The highest BCUT2D eigenvalue weighted by Gasteiger charge is 2.57. The van der Waals surface area contributed by atoms with Crippen LogP contribution in [0.3, 0.4) is 0 Å². The Kier molecular flexibility index (Phi) is 6.58. The number of nitrogens with zero attached hydrogens (tertiary/aromatic N) is 1. The van der Waals surface area contributed by atoms with Crippen molar-refractivity contribution in [1.29, 1.82) is 0 Å². The third-order valence-corrected chi connectivity index (χ3v) is 8.25. The summed E-state index contributed by atoms with van der Waals surface area (Å²) in [5.41, 5.74) is -0.664. The van der Waals surface area contributed by atoms with Gasteiger partial charge >= 0.3 is 12.1 Å². The van der Waals surface area contributed by atoms with Crippen LogP contribution in [0.1, 0.15) is 63.5 Å². The lowest BCUT2D eigenvalue weighted by Gasteiger charge is -2.47. The van der Waals surface area contributed by atoms with Gasteiger partial charge in [-0.05, 0) is 13.8 Å². The second-order valence-electron chi connectivity index (χ2n) is 10.6. The van der Waals surface area contributed by atoms with Gasteiger partial charge in [0.05, 0.1) is 31.3 Å². The Morgan fingerprint density at radius 1 is 0.857 bits per heavy atom. The van der Waals surface area contributed by atoms with Gasteiger partial charge < -0.3 is 18.7 Å². The first-order valence-corrected chi connectivity index (χ1v) is 13.0. The van der Waals surface area contributed by atoms with Crippen molar-refractivity contribution in [3.8, 4) is 0 Å². The molecule has 2 aromatic carbocycles. The van der Waals surface area contributed by atoms with Gasteiger partial charge in [0, 0.05) is 49.7 Å². The molecule has 35 heavy (non-hydrogen) atoms. The Bertz CT molecular complexity index is 976. The second kappa shape index (κ2) is 9.65. The maximum atomic E-state index is 14.1. The summed E-state index contributed by atoms with van der Waals surface area (Å²) >= 11 is 0. The molecule has 6 heteroatoms. The number of esters is 1. The SMILES string of the molecule is CC(C)OC(=O)OC(C(=O)OC1CC2CCC(C1)[N+]21CCCC1)(c1ccccc1)c1ccccc1. The molecule has 5 rings (SSSR count). The summed E-state index contributed by atoms with van der Waals surface area (Å²) < 4.78 is 18.8. The predicted octanol–water partition coefficient (Wildman–Crippen LogP) is 5.34. The zero-order chi connectivity index (χ0) is 24.5. The molecular weight excluding hydrogens is 442 g/mol. The van der Waals surface area contributed by atoms with Crippen LogP contribution in [0.15, 0.2) is 60.7 Å². The summed E-state index contributed by atoms with van der Waals surface area (Å²) in [5, 5.41) is 0. The average Bonchev–Trinajstić information content (AvgIpc) is 3.39. The maximum Gasteiger partial charge on any atom is 0.510 e. The summed E-state index contributed by atoms with van der Waals surface area (Å²) in [6, 6.07) is 19.4. The molecule has 2 unspecified atom stereocenters. The highest BCUT2D eigenvalue weighted by atomic mass is 16.7. The fourth-order valence-electron chi connectivity index (χ4n) is 6.79. The third kappa shape index (κ3) is 4.33. The van der Waals surface area contributed by atoms with Crippen LogP contribution in [0, 0.1) is 0 Å². The number of carbonyl (C=O) groups is 2. The van der Waals surface area contributed by atoms with Crippen LogP contribution in [0.4, 0.5) is 4.79 Å². The van der Waals surface area contributed by atoms with Gasteiger partial charge in [0.1, 0.15) is 6.10 Å². The van der Waals surface area contributed by atoms with E-state index in [-0.39, 0.29) is 12.2 Å². The van der Waals surface area contributed by atoms with Gasteiger partial charge in [0.25, 0.3) is 5.60 Å². The lowest BCUT2D eigenvalue weighted by Crippen LogP contribution is -2.60. The van der Waals surface area contributed by atoms with Crippen LogP contribution in [0.2, 0.25) is 0 Å². The Balaban J connectivity index is 1.48. The highest BCUT2D eigenvalue weighted by Crippen LogP contribution is 2.47. The smallest absolute Gasteiger partial charge is 0.458 e. The van der Waals surface area contributed by atoms with E-state index in [1.165, 1.54) is 43.3 Å². The lowest BCUT2D eigenvalue weighted by atomic mass is 9.85. The van der Waals surface area contributed by atoms with E-state index in [0.717, 1.165) is 12.8 Å². The quantitative estimate of drug-likeness (QED) is 0.414. The molecule has 2 bridgehead atoms. The number of benzene rings is 2. The molecule has 0 N–H and O–H groups in total. The first-order chi connectivity index (χ1) is 16.9. The molecule has 3 aliphatic heterocycles. The Morgan fingerprint density at radius 2 is 1.37 bits per heavy atom. The van der Waals surface area contributed by atoms with Gasteiger partial charge in [-0.15, -0.1) is 0 Å². The molecule has 0 amide bonds. The summed E-state index contributed by atoms with van der Waals surface area (Å²) in [4.78, 5) is 27.0. The van der Waals surface area contributed by atoms with Gasteiger partial charge in [-0.25, -0.2) is 9.59 Å². The summed E-state index contributed by atoms with van der Waals surface area (Å²) in [6.45, 7) is 6.03. The Morgan fingerprint density at radius 3 is 1.86 bits per heavy atom. The van der Waals surface area contributed by atoms with Crippen molar-refractivity contribution in [3.05, 3.63) is 71.8 Å². The zero-order valence-electron chi connectivity index (χ0n) is 20.7. The average molecular weight is 479 g/mol.